The first-order valence-electron chi connectivity index (χ1n) is 7.86. The first-order chi connectivity index (χ1) is 12.0. The molecule has 0 saturated heterocycles. The largest absolute Gasteiger partial charge is 0.493 e. The van der Waals surface area contributed by atoms with Crippen molar-refractivity contribution in [2.75, 3.05) is 6.61 Å². The molecular weight excluding hydrogens is 342 g/mol. The van der Waals surface area contributed by atoms with Gasteiger partial charge in [0.05, 0.1) is 12.2 Å². The number of nitrogens with one attached hydrogen (secondary N) is 2. The van der Waals surface area contributed by atoms with Gasteiger partial charge in [0.15, 0.2) is 0 Å². The number of nitrogens with zero attached hydrogens (tertiary/aromatic N) is 1. The lowest BCUT2D eigenvalue weighted by atomic mass is 10.2. The van der Waals surface area contributed by atoms with Crippen molar-refractivity contribution in [2.45, 2.75) is 26.7 Å². The van der Waals surface area contributed by atoms with Crippen LogP contribution in [0.25, 0.3) is 0 Å². The number of rotatable bonds is 6. The lowest BCUT2D eigenvalue weighted by Crippen LogP contribution is -2.41. The number of carbonyl (C=O) groups excluding carboxylic acids is 2. The molecule has 0 aliphatic heterocycles. The third-order valence-electron chi connectivity index (χ3n) is 3.43. The van der Waals surface area contributed by atoms with E-state index in [0.717, 1.165) is 17.0 Å². The number of hydrogen-bond donors (Lipinski definition) is 2. The molecule has 0 bridgehead atoms. The molecule has 0 fully saturated rings. The Morgan fingerprint density at radius 1 is 1.16 bits per heavy atom. The molecule has 0 radical (unpaired) electrons. The standard InChI is InChI=1S/C18H20ClN3O3/c1-12-10-15(19)7-8-16(12)25-9-3-4-17(23)21-22-18(24)14-6-5-13(2)20-11-14/h5-8,10-11H,3-4,9H2,1-2H3,(H,21,23)(H,22,24). The fraction of sp³-hybridized carbons (Fsp3) is 0.278. The Bertz CT molecular complexity index is 748. The average molecular weight is 362 g/mol. The highest BCUT2D eigenvalue weighted by Gasteiger charge is 2.08. The van der Waals surface area contributed by atoms with Gasteiger partial charge >= 0.3 is 0 Å². The summed E-state index contributed by atoms with van der Waals surface area (Å²) in [5.41, 5.74) is 6.87. The second-order valence-corrected chi connectivity index (χ2v) is 5.99. The quantitative estimate of drug-likeness (QED) is 0.612. The van der Waals surface area contributed by atoms with Crippen molar-refractivity contribution in [1.29, 1.82) is 0 Å². The van der Waals surface area contributed by atoms with Crippen LogP contribution < -0.4 is 15.6 Å². The van der Waals surface area contributed by atoms with Gasteiger partial charge in [0, 0.05) is 23.3 Å². The van der Waals surface area contributed by atoms with Crippen molar-refractivity contribution in [2.24, 2.45) is 0 Å². The summed E-state index contributed by atoms with van der Waals surface area (Å²) in [6.07, 6.45) is 2.22. The van der Waals surface area contributed by atoms with E-state index in [1.165, 1.54) is 6.20 Å². The number of hydrogen-bond acceptors (Lipinski definition) is 4. The zero-order chi connectivity index (χ0) is 18.2. The summed E-state index contributed by atoms with van der Waals surface area (Å²) in [6.45, 7) is 4.13. The Hall–Kier alpha value is -2.60. The Morgan fingerprint density at radius 3 is 2.64 bits per heavy atom. The lowest BCUT2D eigenvalue weighted by Gasteiger charge is -2.10. The van der Waals surface area contributed by atoms with Crippen LogP contribution in [0.4, 0.5) is 0 Å². The maximum Gasteiger partial charge on any atom is 0.271 e. The fourth-order valence-corrected chi connectivity index (χ4v) is 2.28. The molecule has 2 amide bonds. The van der Waals surface area contributed by atoms with Crippen LogP contribution in [0.3, 0.4) is 0 Å². The second kappa shape index (κ2) is 9.03. The number of hydrazine groups is 1. The smallest absolute Gasteiger partial charge is 0.271 e. The minimum absolute atomic E-state index is 0.235. The number of pyridine rings is 1. The number of amides is 2. The summed E-state index contributed by atoms with van der Waals surface area (Å²) < 4.78 is 5.61. The van der Waals surface area contributed by atoms with E-state index in [-0.39, 0.29) is 12.3 Å². The number of benzene rings is 1. The van der Waals surface area contributed by atoms with E-state index in [9.17, 15) is 9.59 Å². The molecule has 0 unspecified atom stereocenters. The molecule has 1 heterocycles. The Kier molecular flexibility index (Phi) is 6.77. The summed E-state index contributed by atoms with van der Waals surface area (Å²) in [6, 6.07) is 8.75. The lowest BCUT2D eigenvalue weighted by molar-refractivity contribution is -0.122. The van der Waals surface area contributed by atoms with Gasteiger partial charge in [0.25, 0.3) is 5.91 Å². The van der Waals surface area contributed by atoms with Crippen LogP contribution in [0, 0.1) is 13.8 Å². The molecule has 0 atom stereocenters. The molecule has 0 spiro atoms. The van der Waals surface area contributed by atoms with Crippen LogP contribution >= 0.6 is 11.6 Å². The zero-order valence-electron chi connectivity index (χ0n) is 14.1. The van der Waals surface area contributed by atoms with Crippen molar-refractivity contribution < 1.29 is 14.3 Å². The van der Waals surface area contributed by atoms with Crippen molar-refractivity contribution in [3.8, 4) is 5.75 Å². The third-order valence-corrected chi connectivity index (χ3v) is 3.67. The molecule has 2 aromatic rings. The summed E-state index contributed by atoms with van der Waals surface area (Å²) in [7, 11) is 0. The maximum atomic E-state index is 11.8. The van der Waals surface area contributed by atoms with E-state index in [2.05, 4.69) is 15.8 Å². The van der Waals surface area contributed by atoms with Crippen LogP contribution in [-0.2, 0) is 4.79 Å². The monoisotopic (exact) mass is 361 g/mol. The number of halogens is 1. The molecule has 0 aliphatic rings. The Labute approximate surface area is 151 Å². The first kappa shape index (κ1) is 18.7. The first-order valence-corrected chi connectivity index (χ1v) is 8.24. The highest BCUT2D eigenvalue weighted by Crippen LogP contribution is 2.21. The predicted molar refractivity (Wildman–Crippen MR) is 95.5 cm³/mol. The molecule has 2 rings (SSSR count). The predicted octanol–water partition coefficient (Wildman–Crippen LogP) is 2.97. The number of carbonyl (C=O) groups is 2. The van der Waals surface area contributed by atoms with Crippen LogP contribution in [0.15, 0.2) is 36.5 Å². The van der Waals surface area contributed by atoms with Crippen LogP contribution in [0.1, 0.15) is 34.5 Å². The van der Waals surface area contributed by atoms with Gasteiger partial charge in [-0.05, 0) is 56.2 Å². The van der Waals surface area contributed by atoms with E-state index in [0.29, 0.717) is 23.6 Å². The van der Waals surface area contributed by atoms with E-state index in [4.69, 9.17) is 16.3 Å². The minimum Gasteiger partial charge on any atom is -0.493 e. The molecule has 2 N–H and O–H groups in total. The molecule has 6 nitrogen and oxygen atoms in total. The van der Waals surface area contributed by atoms with Gasteiger partial charge in [-0.15, -0.1) is 0 Å². The Morgan fingerprint density at radius 2 is 1.96 bits per heavy atom. The van der Waals surface area contributed by atoms with Crippen molar-refractivity contribution in [1.82, 2.24) is 15.8 Å². The molecule has 132 valence electrons. The maximum absolute atomic E-state index is 11.8. The fourth-order valence-electron chi connectivity index (χ4n) is 2.05. The number of ether oxygens (including phenoxy) is 1. The van der Waals surface area contributed by atoms with Crippen molar-refractivity contribution in [3.05, 3.63) is 58.4 Å². The molecule has 1 aromatic carbocycles. The third kappa shape index (κ3) is 6.08. The topological polar surface area (TPSA) is 80.3 Å². The van der Waals surface area contributed by atoms with Crippen LogP contribution in [0.5, 0.6) is 5.75 Å². The SMILES string of the molecule is Cc1ccc(C(=O)NNC(=O)CCCOc2ccc(Cl)cc2C)cn1. The van der Waals surface area contributed by atoms with Gasteiger partial charge in [-0.1, -0.05) is 11.6 Å². The van der Waals surface area contributed by atoms with Gasteiger partial charge in [-0.2, -0.15) is 0 Å². The van der Waals surface area contributed by atoms with Crippen LogP contribution in [0.2, 0.25) is 5.02 Å². The molecular formula is C18H20ClN3O3. The molecule has 0 saturated carbocycles. The van der Waals surface area contributed by atoms with E-state index in [1.807, 2.05) is 19.9 Å². The van der Waals surface area contributed by atoms with E-state index >= 15 is 0 Å². The molecule has 1 aromatic heterocycles. The highest BCUT2D eigenvalue weighted by molar-refractivity contribution is 6.30. The highest BCUT2D eigenvalue weighted by atomic mass is 35.5. The van der Waals surface area contributed by atoms with Gasteiger partial charge in [0.2, 0.25) is 5.91 Å². The zero-order valence-corrected chi connectivity index (χ0v) is 14.9. The van der Waals surface area contributed by atoms with E-state index < -0.39 is 5.91 Å². The van der Waals surface area contributed by atoms with Crippen molar-refractivity contribution in [3.63, 3.8) is 0 Å². The summed E-state index contributed by atoms with van der Waals surface area (Å²) in [5.74, 6) is 0.0451. The summed E-state index contributed by atoms with van der Waals surface area (Å²) >= 11 is 5.89. The minimum atomic E-state index is -0.408. The number of aryl methyl sites for hydroxylation is 2. The van der Waals surface area contributed by atoms with Gasteiger partial charge in [-0.25, -0.2) is 0 Å². The Balaban J connectivity index is 1.67. The normalized spacial score (nSPS) is 10.2. The second-order valence-electron chi connectivity index (χ2n) is 5.55. The van der Waals surface area contributed by atoms with Gasteiger partial charge in [-0.3, -0.25) is 25.4 Å². The van der Waals surface area contributed by atoms with E-state index in [1.54, 1.807) is 24.3 Å². The molecule has 0 aliphatic carbocycles. The summed E-state index contributed by atoms with van der Waals surface area (Å²) in [4.78, 5) is 27.6. The summed E-state index contributed by atoms with van der Waals surface area (Å²) in [5, 5.41) is 0.656. The molecule has 25 heavy (non-hydrogen) atoms. The number of aromatic nitrogens is 1. The van der Waals surface area contributed by atoms with Gasteiger partial charge < -0.3 is 4.74 Å². The van der Waals surface area contributed by atoms with Crippen molar-refractivity contribution >= 4 is 23.4 Å². The van der Waals surface area contributed by atoms with Gasteiger partial charge in [0.1, 0.15) is 5.75 Å². The van der Waals surface area contributed by atoms with Crippen LogP contribution in [-0.4, -0.2) is 23.4 Å². The molecule has 7 heteroatoms. The average Bonchev–Trinajstić information content (AvgIpc) is 2.58.